The molecule has 1 saturated heterocycles. The lowest BCUT2D eigenvalue weighted by Crippen LogP contribution is -2.27. The molecular formula is C20H13NO4S. The number of hydrogen-bond donors (Lipinski definition) is 0. The molecule has 26 heavy (non-hydrogen) atoms. The summed E-state index contributed by atoms with van der Waals surface area (Å²) in [5.41, 5.74) is 1.35. The van der Waals surface area contributed by atoms with Crippen LogP contribution in [0, 0.1) is 0 Å². The van der Waals surface area contributed by atoms with E-state index in [0.717, 1.165) is 17.3 Å². The van der Waals surface area contributed by atoms with Crippen LogP contribution in [0.4, 0.5) is 4.79 Å². The van der Waals surface area contributed by atoms with Crippen LogP contribution in [0.3, 0.4) is 0 Å². The second-order valence-electron chi connectivity index (χ2n) is 5.77. The molecule has 0 spiro atoms. The molecule has 0 unspecified atom stereocenters. The number of amides is 2. The number of para-hydroxylation sites is 1. The van der Waals surface area contributed by atoms with E-state index >= 15 is 0 Å². The Bertz CT molecular complexity index is 1100. The number of benzene rings is 2. The molecule has 2 amide bonds. The summed E-state index contributed by atoms with van der Waals surface area (Å²) in [4.78, 5) is 38.7. The maximum Gasteiger partial charge on any atom is 0.293 e. The van der Waals surface area contributed by atoms with Gasteiger partial charge in [0.1, 0.15) is 11.8 Å². The third kappa shape index (κ3) is 2.95. The van der Waals surface area contributed by atoms with E-state index < -0.39 is 5.91 Å². The highest BCUT2D eigenvalue weighted by molar-refractivity contribution is 8.18. The van der Waals surface area contributed by atoms with E-state index in [1.54, 1.807) is 24.3 Å². The molecule has 0 radical (unpaired) electrons. The fraction of sp³-hybridized carbons (Fsp3) is 0.0500. The molecule has 3 aromatic rings. The van der Waals surface area contributed by atoms with E-state index in [-0.39, 0.29) is 27.7 Å². The van der Waals surface area contributed by atoms with Gasteiger partial charge in [-0.3, -0.25) is 19.3 Å². The van der Waals surface area contributed by atoms with Crippen LogP contribution in [-0.2, 0) is 11.3 Å². The number of nitrogens with zero attached hydrogens (tertiary/aromatic N) is 1. The van der Waals surface area contributed by atoms with Gasteiger partial charge in [0.15, 0.2) is 5.43 Å². The Hall–Kier alpha value is -3.12. The summed E-state index contributed by atoms with van der Waals surface area (Å²) in [6.45, 7) is 0.204. The third-order valence-corrected chi connectivity index (χ3v) is 4.96. The van der Waals surface area contributed by atoms with Crippen molar-refractivity contribution >= 4 is 40.0 Å². The predicted octanol–water partition coefficient (Wildman–Crippen LogP) is 4.03. The van der Waals surface area contributed by atoms with Gasteiger partial charge in [0, 0.05) is 0 Å². The largest absolute Gasteiger partial charge is 0.463 e. The SMILES string of the molecule is O=C1S/C(=C/c2coc3ccccc3c2=O)C(=O)N1Cc1ccccc1. The zero-order valence-electron chi connectivity index (χ0n) is 13.5. The minimum Gasteiger partial charge on any atom is -0.463 e. The van der Waals surface area contributed by atoms with Gasteiger partial charge >= 0.3 is 0 Å². The Morgan fingerprint density at radius 3 is 2.50 bits per heavy atom. The lowest BCUT2D eigenvalue weighted by Gasteiger charge is -2.12. The van der Waals surface area contributed by atoms with Crippen molar-refractivity contribution in [2.24, 2.45) is 0 Å². The highest BCUT2D eigenvalue weighted by Crippen LogP contribution is 2.33. The van der Waals surface area contributed by atoms with Crippen molar-refractivity contribution in [3.05, 3.63) is 87.1 Å². The van der Waals surface area contributed by atoms with Crippen LogP contribution in [0.15, 0.2) is 75.0 Å². The maximum absolute atomic E-state index is 12.6. The molecule has 1 aliphatic heterocycles. The van der Waals surface area contributed by atoms with E-state index in [0.29, 0.717) is 11.0 Å². The molecule has 0 saturated carbocycles. The summed E-state index contributed by atoms with van der Waals surface area (Å²) in [5, 5.41) is 0.0834. The minimum absolute atomic E-state index is 0.204. The minimum atomic E-state index is -0.406. The lowest BCUT2D eigenvalue weighted by atomic mass is 10.1. The molecule has 4 rings (SSSR count). The van der Waals surface area contributed by atoms with Crippen LogP contribution in [0.2, 0.25) is 0 Å². The van der Waals surface area contributed by atoms with E-state index in [4.69, 9.17) is 4.42 Å². The summed E-state index contributed by atoms with van der Waals surface area (Å²) in [6.07, 6.45) is 2.74. The number of rotatable bonds is 3. The van der Waals surface area contributed by atoms with Crippen LogP contribution in [0.1, 0.15) is 11.1 Å². The first-order valence-corrected chi connectivity index (χ1v) is 8.75. The molecule has 0 N–H and O–H groups in total. The second-order valence-corrected chi connectivity index (χ2v) is 6.76. The van der Waals surface area contributed by atoms with Crippen molar-refractivity contribution < 1.29 is 14.0 Å². The van der Waals surface area contributed by atoms with Crippen LogP contribution in [-0.4, -0.2) is 16.0 Å². The quantitative estimate of drug-likeness (QED) is 0.657. The third-order valence-electron chi connectivity index (χ3n) is 4.05. The Balaban J connectivity index is 1.66. The molecule has 1 fully saturated rings. The number of fused-ring (bicyclic) bond motifs is 1. The van der Waals surface area contributed by atoms with Gasteiger partial charge in [0.05, 0.1) is 22.4 Å². The maximum atomic E-state index is 12.6. The highest BCUT2D eigenvalue weighted by atomic mass is 32.2. The van der Waals surface area contributed by atoms with Crippen molar-refractivity contribution in [2.75, 3.05) is 0 Å². The van der Waals surface area contributed by atoms with Crippen LogP contribution < -0.4 is 5.43 Å². The Labute approximate surface area is 152 Å². The molecule has 0 atom stereocenters. The Morgan fingerprint density at radius 2 is 1.69 bits per heavy atom. The van der Waals surface area contributed by atoms with Crippen LogP contribution in [0.25, 0.3) is 17.0 Å². The monoisotopic (exact) mass is 363 g/mol. The van der Waals surface area contributed by atoms with E-state index in [2.05, 4.69) is 0 Å². The summed E-state index contributed by atoms with van der Waals surface area (Å²) in [5.74, 6) is -0.406. The number of carbonyl (C=O) groups is 2. The second kappa shape index (κ2) is 6.65. The Morgan fingerprint density at radius 1 is 0.962 bits per heavy atom. The zero-order valence-corrected chi connectivity index (χ0v) is 14.4. The van der Waals surface area contributed by atoms with Gasteiger partial charge in [-0.05, 0) is 35.5 Å². The van der Waals surface area contributed by atoms with E-state index in [1.807, 2.05) is 30.3 Å². The van der Waals surface area contributed by atoms with Gasteiger partial charge in [-0.2, -0.15) is 0 Å². The van der Waals surface area contributed by atoms with Crippen molar-refractivity contribution in [3.63, 3.8) is 0 Å². The summed E-state index contributed by atoms with van der Waals surface area (Å²) in [6, 6.07) is 16.2. The number of thioether (sulfide) groups is 1. The van der Waals surface area contributed by atoms with Crippen molar-refractivity contribution in [2.45, 2.75) is 6.54 Å². The molecule has 2 heterocycles. The topological polar surface area (TPSA) is 67.6 Å². The van der Waals surface area contributed by atoms with Crippen molar-refractivity contribution in [1.82, 2.24) is 4.90 Å². The van der Waals surface area contributed by atoms with Crippen molar-refractivity contribution in [1.29, 1.82) is 0 Å². The smallest absolute Gasteiger partial charge is 0.293 e. The average molecular weight is 363 g/mol. The highest BCUT2D eigenvalue weighted by Gasteiger charge is 2.35. The fourth-order valence-electron chi connectivity index (χ4n) is 2.74. The van der Waals surface area contributed by atoms with Gasteiger partial charge in [-0.15, -0.1) is 0 Å². The van der Waals surface area contributed by atoms with Gasteiger partial charge in [-0.25, -0.2) is 0 Å². The first-order valence-electron chi connectivity index (χ1n) is 7.93. The van der Waals surface area contributed by atoms with E-state index in [1.165, 1.54) is 17.2 Å². The predicted molar refractivity (Wildman–Crippen MR) is 100 cm³/mol. The molecule has 128 valence electrons. The fourth-order valence-corrected chi connectivity index (χ4v) is 3.57. The number of hydrogen-bond acceptors (Lipinski definition) is 5. The molecule has 1 aliphatic rings. The first-order chi connectivity index (χ1) is 12.6. The number of imide groups is 1. The van der Waals surface area contributed by atoms with Crippen LogP contribution in [0.5, 0.6) is 0 Å². The normalized spacial score (nSPS) is 16.0. The summed E-state index contributed by atoms with van der Waals surface area (Å²) >= 11 is 0.828. The van der Waals surface area contributed by atoms with Gasteiger partial charge in [0.2, 0.25) is 0 Å². The standard InChI is InChI=1S/C20H13NO4S/c22-18-14(12-25-16-9-5-4-8-15(16)18)10-17-19(23)21(20(24)26-17)11-13-6-2-1-3-7-13/h1-10,12H,11H2/b17-10+. The summed E-state index contributed by atoms with van der Waals surface area (Å²) in [7, 11) is 0. The molecule has 0 aliphatic carbocycles. The molecule has 1 aromatic heterocycles. The molecule has 0 bridgehead atoms. The first kappa shape index (κ1) is 16.4. The molecular weight excluding hydrogens is 350 g/mol. The number of carbonyl (C=O) groups excluding carboxylic acids is 2. The zero-order chi connectivity index (χ0) is 18.1. The van der Waals surface area contributed by atoms with Gasteiger partial charge < -0.3 is 4.42 Å². The van der Waals surface area contributed by atoms with Gasteiger partial charge in [-0.1, -0.05) is 42.5 Å². The average Bonchev–Trinajstić information content (AvgIpc) is 2.92. The van der Waals surface area contributed by atoms with Crippen molar-refractivity contribution in [3.8, 4) is 0 Å². The van der Waals surface area contributed by atoms with Gasteiger partial charge in [0.25, 0.3) is 11.1 Å². The summed E-state index contributed by atoms with van der Waals surface area (Å²) < 4.78 is 5.45. The molecule has 2 aromatic carbocycles. The van der Waals surface area contributed by atoms with Crippen LogP contribution >= 0.6 is 11.8 Å². The molecule has 5 nitrogen and oxygen atoms in total. The lowest BCUT2D eigenvalue weighted by molar-refractivity contribution is -0.123. The molecule has 6 heteroatoms. The Kier molecular flexibility index (Phi) is 4.18. The van der Waals surface area contributed by atoms with E-state index in [9.17, 15) is 14.4 Å².